The maximum Gasteiger partial charge on any atom is 0.103 e. The topological polar surface area (TPSA) is 28.7 Å². The molecule has 0 aliphatic heterocycles. The zero-order valence-corrected chi connectivity index (χ0v) is 10.0. The van der Waals surface area contributed by atoms with Crippen LogP contribution in [0, 0.1) is 6.92 Å². The van der Waals surface area contributed by atoms with Gasteiger partial charge in [0.1, 0.15) is 5.82 Å². The molecule has 1 N–H and O–H groups in total. The summed E-state index contributed by atoms with van der Waals surface area (Å²) in [5.41, 5.74) is 2.12. The second-order valence-electron chi connectivity index (χ2n) is 2.74. The Bertz CT molecular complexity index is 343. The van der Waals surface area contributed by atoms with E-state index in [1.165, 1.54) is 0 Å². The summed E-state index contributed by atoms with van der Waals surface area (Å²) < 4.78 is 0. The lowest BCUT2D eigenvalue weighted by molar-refractivity contribution is 1.14. The van der Waals surface area contributed by atoms with Gasteiger partial charge in [0, 0.05) is 0 Å². The van der Waals surface area contributed by atoms with Crippen molar-refractivity contribution in [3.63, 3.8) is 0 Å². The third kappa shape index (κ3) is 4.45. The van der Waals surface area contributed by atoms with Crippen LogP contribution >= 0.6 is 0 Å². The second kappa shape index (κ2) is 7.80. The molecule has 82 valence electrons. The molecule has 0 bridgehead atoms. The van der Waals surface area contributed by atoms with Gasteiger partial charge < -0.3 is 4.98 Å². The average Bonchev–Trinajstić information content (AvgIpc) is 2.68. The van der Waals surface area contributed by atoms with Crippen LogP contribution in [0.4, 0.5) is 0 Å². The minimum absolute atomic E-state index is 0.925. The molecule has 0 saturated heterocycles. The highest BCUT2D eigenvalue weighted by molar-refractivity contribution is 5.72. The van der Waals surface area contributed by atoms with Crippen LogP contribution in [0.2, 0.25) is 0 Å². The van der Waals surface area contributed by atoms with Crippen molar-refractivity contribution in [1.29, 1.82) is 0 Å². The van der Waals surface area contributed by atoms with Gasteiger partial charge in [0.15, 0.2) is 0 Å². The SMILES string of the molecule is C=C/C=C(\C=C/C)c1cnc(C)[nH]1.CC. The minimum Gasteiger partial charge on any atom is -0.342 e. The van der Waals surface area contributed by atoms with Crippen LogP contribution in [0.25, 0.3) is 5.57 Å². The Morgan fingerprint density at radius 1 is 1.47 bits per heavy atom. The molecule has 0 aromatic carbocycles. The molecule has 2 nitrogen and oxygen atoms in total. The smallest absolute Gasteiger partial charge is 0.103 e. The molecular formula is C13H20N2. The van der Waals surface area contributed by atoms with Crippen molar-refractivity contribution in [3.8, 4) is 0 Å². The fraction of sp³-hybridized carbons (Fsp3) is 0.308. The highest BCUT2D eigenvalue weighted by Crippen LogP contribution is 2.13. The van der Waals surface area contributed by atoms with Crippen molar-refractivity contribution in [2.45, 2.75) is 27.7 Å². The third-order valence-electron chi connectivity index (χ3n) is 1.66. The molecule has 15 heavy (non-hydrogen) atoms. The van der Waals surface area contributed by atoms with Gasteiger partial charge in [-0.05, 0) is 19.4 Å². The molecule has 0 atom stereocenters. The van der Waals surface area contributed by atoms with Gasteiger partial charge in [0.2, 0.25) is 0 Å². The van der Waals surface area contributed by atoms with Crippen LogP contribution < -0.4 is 0 Å². The van der Waals surface area contributed by atoms with Gasteiger partial charge in [-0.15, -0.1) is 0 Å². The van der Waals surface area contributed by atoms with Gasteiger partial charge >= 0.3 is 0 Å². The van der Waals surface area contributed by atoms with Crippen LogP contribution in [0.15, 0.2) is 37.1 Å². The Morgan fingerprint density at radius 2 is 2.13 bits per heavy atom. The lowest BCUT2D eigenvalue weighted by atomic mass is 10.2. The van der Waals surface area contributed by atoms with E-state index in [0.29, 0.717) is 0 Å². The van der Waals surface area contributed by atoms with Gasteiger partial charge in [-0.1, -0.05) is 44.7 Å². The first kappa shape index (κ1) is 13.4. The minimum atomic E-state index is 0.925. The summed E-state index contributed by atoms with van der Waals surface area (Å²) in [6.45, 7) is 11.6. The van der Waals surface area contributed by atoms with E-state index < -0.39 is 0 Å². The molecule has 0 aliphatic carbocycles. The maximum atomic E-state index is 4.14. The number of nitrogens with one attached hydrogen (secondary N) is 1. The molecule has 0 aliphatic rings. The molecule has 0 fully saturated rings. The summed E-state index contributed by atoms with van der Waals surface area (Å²) >= 11 is 0. The van der Waals surface area contributed by atoms with Crippen LogP contribution in [-0.2, 0) is 0 Å². The normalized spacial score (nSPS) is 11.1. The zero-order chi connectivity index (χ0) is 11.7. The Hall–Kier alpha value is -1.57. The summed E-state index contributed by atoms with van der Waals surface area (Å²) in [6, 6.07) is 0. The number of hydrogen-bond donors (Lipinski definition) is 1. The van der Waals surface area contributed by atoms with E-state index in [4.69, 9.17) is 0 Å². The first-order chi connectivity index (χ1) is 7.27. The van der Waals surface area contributed by atoms with Gasteiger partial charge in [-0.2, -0.15) is 0 Å². The summed E-state index contributed by atoms with van der Waals surface area (Å²) in [4.78, 5) is 7.30. The monoisotopic (exact) mass is 204 g/mol. The fourth-order valence-electron chi connectivity index (χ4n) is 1.11. The Morgan fingerprint density at radius 3 is 2.53 bits per heavy atom. The first-order valence-electron chi connectivity index (χ1n) is 5.25. The highest BCUT2D eigenvalue weighted by Gasteiger charge is 1.98. The molecule has 0 saturated carbocycles. The molecule has 1 rings (SSSR count). The number of H-pyrrole nitrogens is 1. The quantitative estimate of drug-likeness (QED) is 0.743. The van der Waals surface area contributed by atoms with E-state index in [1.54, 1.807) is 6.08 Å². The van der Waals surface area contributed by atoms with Crippen LogP contribution in [0.3, 0.4) is 0 Å². The summed E-state index contributed by atoms with van der Waals surface area (Å²) in [5.74, 6) is 0.925. The van der Waals surface area contributed by atoms with Crippen LogP contribution in [0.1, 0.15) is 32.3 Å². The Labute approximate surface area is 92.4 Å². The van der Waals surface area contributed by atoms with Gasteiger partial charge in [0.05, 0.1) is 11.9 Å². The van der Waals surface area contributed by atoms with Crippen LogP contribution in [-0.4, -0.2) is 9.97 Å². The number of aromatic amines is 1. The van der Waals surface area contributed by atoms with Crippen molar-refractivity contribution in [3.05, 3.63) is 48.6 Å². The molecule has 0 spiro atoms. The van der Waals surface area contributed by atoms with Crippen LogP contribution in [0.5, 0.6) is 0 Å². The number of nitrogens with zero attached hydrogens (tertiary/aromatic N) is 1. The van der Waals surface area contributed by atoms with Crippen molar-refractivity contribution >= 4 is 5.57 Å². The Balaban J connectivity index is 0.000000921. The van der Waals surface area contributed by atoms with Gasteiger partial charge in [-0.25, -0.2) is 4.98 Å². The standard InChI is InChI=1S/C11H14N2.C2H6/c1-4-6-10(7-5-2)11-8-12-9(3)13-11;1-2/h4-8H,1H2,2-3H3,(H,12,13);1-2H3/b7-5-,10-6+;. The lowest BCUT2D eigenvalue weighted by Crippen LogP contribution is -1.80. The largest absolute Gasteiger partial charge is 0.342 e. The number of rotatable bonds is 3. The van der Waals surface area contributed by atoms with Gasteiger partial charge in [0.25, 0.3) is 0 Å². The number of allylic oxidation sites excluding steroid dienone is 5. The third-order valence-corrected chi connectivity index (χ3v) is 1.66. The van der Waals surface area contributed by atoms with Crippen molar-refractivity contribution in [1.82, 2.24) is 9.97 Å². The molecule has 0 unspecified atom stereocenters. The lowest BCUT2D eigenvalue weighted by Gasteiger charge is -1.95. The summed E-state index contributed by atoms with van der Waals surface area (Å²) in [6.07, 6.45) is 9.56. The van der Waals surface area contributed by atoms with Crippen molar-refractivity contribution in [2.75, 3.05) is 0 Å². The van der Waals surface area contributed by atoms with E-state index in [0.717, 1.165) is 17.1 Å². The van der Waals surface area contributed by atoms with E-state index in [9.17, 15) is 0 Å². The number of aryl methyl sites for hydroxylation is 1. The second-order valence-corrected chi connectivity index (χ2v) is 2.74. The van der Waals surface area contributed by atoms with E-state index in [2.05, 4.69) is 16.5 Å². The van der Waals surface area contributed by atoms with Gasteiger partial charge in [-0.3, -0.25) is 0 Å². The maximum absolute atomic E-state index is 4.14. The molecular weight excluding hydrogens is 184 g/mol. The molecule has 2 heteroatoms. The fourth-order valence-corrected chi connectivity index (χ4v) is 1.11. The van der Waals surface area contributed by atoms with Crippen molar-refractivity contribution < 1.29 is 0 Å². The first-order valence-corrected chi connectivity index (χ1v) is 5.25. The van der Waals surface area contributed by atoms with E-state index in [-0.39, 0.29) is 0 Å². The predicted octanol–water partition coefficient (Wildman–Crippen LogP) is 3.89. The van der Waals surface area contributed by atoms with E-state index in [1.807, 2.05) is 52.1 Å². The molecule has 1 heterocycles. The van der Waals surface area contributed by atoms with Crippen molar-refractivity contribution in [2.24, 2.45) is 0 Å². The Kier molecular flexibility index (Phi) is 6.98. The molecule has 0 amide bonds. The van der Waals surface area contributed by atoms with E-state index >= 15 is 0 Å². The highest BCUT2D eigenvalue weighted by atomic mass is 14.9. The number of aromatic nitrogens is 2. The number of hydrogen-bond acceptors (Lipinski definition) is 1. The summed E-state index contributed by atoms with van der Waals surface area (Å²) in [7, 11) is 0. The molecule has 1 aromatic rings. The number of imidazole rings is 1. The average molecular weight is 204 g/mol. The molecule has 0 radical (unpaired) electrons. The predicted molar refractivity (Wildman–Crippen MR) is 67.7 cm³/mol. The zero-order valence-electron chi connectivity index (χ0n) is 10.0. The summed E-state index contributed by atoms with van der Waals surface area (Å²) in [5, 5.41) is 0. The molecule has 1 aromatic heterocycles.